The fraction of sp³-hybridized carbons (Fsp3) is 0.500. The van der Waals surface area contributed by atoms with E-state index in [9.17, 15) is 9.59 Å². The first-order valence-electron chi connectivity index (χ1n) is 5.36. The standard InChI is InChI=1S/C10H15N5O2/c1-5(2)15-6-7(12-9(15)11-3)14(4)10(17)13-8(6)16/h5H,1-4H3,(H,11,12)(H,13,16,17). The lowest BCUT2D eigenvalue weighted by atomic mass is 10.3. The molecule has 0 aliphatic carbocycles. The van der Waals surface area contributed by atoms with Crippen molar-refractivity contribution in [2.45, 2.75) is 19.9 Å². The van der Waals surface area contributed by atoms with Gasteiger partial charge in [-0.15, -0.1) is 0 Å². The number of aryl methyl sites for hydroxylation is 1. The SMILES string of the molecule is CNc1nc2c(c(=O)[nH]c(=O)n2C)n1C(C)C. The van der Waals surface area contributed by atoms with Crippen LogP contribution in [0.15, 0.2) is 9.59 Å². The lowest BCUT2D eigenvalue weighted by Crippen LogP contribution is -2.29. The molecule has 2 rings (SSSR count). The molecule has 0 aliphatic rings. The van der Waals surface area contributed by atoms with Gasteiger partial charge in [-0.25, -0.2) is 4.79 Å². The number of H-pyrrole nitrogens is 1. The fourth-order valence-corrected chi connectivity index (χ4v) is 1.88. The molecule has 0 saturated carbocycles. The Morgan fingerprint density at radius 1 is 1.35 bits per heavy atom. The molecule has 0 fully saturated rings. The van der Waals surface area contributed by atoms with E-state index in [0.717, 1.165) is 0 Å². The molecule has 2 N–H and O–H groups in total. The summed E-state index contributed by atoms with van der Waals surface area (Å²) in [6.45, 7) is 3.90. The maximum Gasteiger partial charge on any atom is 0.329 e. The summed E-state index contributed by atoms with van der Waals surface area (Å²) < 4.78 is 3.10. The van der Waals surface area contributed by atoms with Crippen LogP contribution >= 0.6 is 0 Å². The second-order valence-electron chi connectivity index (χ2n) is 4.14. The highest BCUT2D eigenvalue weighted by molar-refractivity contribution is 5.74. The Hall–Kier alpha value is -2.05. The minimum Gasteiger partial charge on any atom is -0.359 e. The molecule has 7 nitrogen and oxygen atoms in total. The summed E-state index contributed by atoms with van der Waals surface area (Å²) in [6.07, 6.45) is 0. The predicted octanol–water partition coefficient (Wildman–Crippen LogP) is 0.0459. The lowest BCUT2D eigenvalue weighted by molar-refractivity contribution is 0.622. The minimum atomic E-state index is -0.460. The van der Waals surface area contributed by atoms with Crippen LogP contribution in [0, 0.1) is 0 Å². The highest BCUT2D eigenvalue weighted by Crippen LogP contribution is 2.19. The van der Waals surface area contributed by atoms with Crippen molar-refractivity contribution in [1.29, 1.82) is 0 Å². The molecular weight excluding hydrogens is 222 g/mol. The molecule has 7 heteroatoms. The summed E-state index contributed by atoms with van der Waals surface area (Å²) in [5.74, 6) is 0.571. The molecule has 0 saturated heterocycles. The number of anilines is 1. The number of nitrogens with zero attached hydrogens (tertiary/aromatic N) is 3. The Balaban J connectivity index is 3.03. The Bertz CT molecular complexity index is 676. The van der Waals surface area contributed by atoms with E-state index < -0.39 is 11.2 Å². The summed E-state index contributed by atoms with van der Waals surface area (Å²) in [6, 6.07) is 0.0704. The van der Waals surface area contributed by atoms with Crippen molar-refractivity contribution in [3.8, 4) is 0 Å². The van der Waals surface area contributed by atoms with Crippen LogP contribution < -0.4 is 16.6 Å². The van der Waals surface area contributed by atoms with Crippen LogP contribution in [0.25, 0.3) is 11.2 Å². The van der Waals surface area contributed by atoms with Crippen molar-refractivity contribution in [1.82, 2.24) is 19.1 Å². The van der Waals surface area contributed by atoms with E-state index in [1.165, 1.54) is 4.57 Å². The molecule has 2 aromatic rings. The molecule has 0 spiro atoms. The summed E-state index contributed by atoms with van der Waals surface area (Å²) in [5.41, 5.74) is -0.0763. The van der Waals surface area contributed by atoms with Crippen LogP contribution in [0.4, 0.5) is 5.95 Å². The molecule has 0 unspecified atom stereocenters. The Morgan fingerprint density at radius 2 is 2.00 bits per heavy atom. The molecule has 92 valence electrons. The van der Waals surface area contributed by atoms with Gasteiger partial charge >= 0.3 is 5.69 Å². The number of nitrogens with one attached hydrogen (secondary N) is 2. The van der Waals surface area contributed by atoms with E-state index >= 15 is 0 Å². The fourth-order valence-electron chi connectivity index (χ4n) is 1.88. The van der Waals surface area contributed by atoms with E-state index in [4.69, 9.17) is 0 Å². The molecule has 0 bridgehead atoms. The van der Waals surface area contributed by atoms with Gasteiger partial charge in [0.25, 0.3) is 5.56 Å². The molecule has 0 amide bonds. The number of hydrogen-bond donors (Lipinski definition) is 2. The average Bonchev–Trinajstić information content (AvgIpc) is 2.65. The van der Waals surface area contributed by atoms with Crippen LogP contribution in [0.2, 0.25) is 0 Å². The zero-order valence-corrected chi connectivity index (χ0v) is 10.2. The second-order valence-corrected chi connectivity index (χ2v) is 4.14. The van der Waals surface area contributed by atoms with E-state index in [0.29, 0.717) is 17.1 Å². The van der Waals surface area contributed by atoms with Crippen LogP contribution in [0.3, 0.4) is 0 Å². The Morgan fingerprint density at radius 3 is 2.53 bits per heavy atom. The van der Waals surface area contributed by atoms with E-state index in [2.05, 4.69) is 15.3 Å². The van der Waals surface area contributed by atoms with Gasteiger partial charge in [-0.2, -0.15) is 4.98 Å². The average molecular weight is 237 g/mol. The third-order valence-electron chi connectivity index (χ3n) is 2.69. The zero-order valence-electron chi connectivity index (χ0n) is 10.2. The van der Waals surface area contributed by atoms with Gasteiger partial charge < -0.3 is 9.88 Å². The van der Waals surface area contributed by atoms with Crippen LogP contribution in [-0.2, 0) is 7.05 Å². The monoisotopic (exact) mass is 237 g/mol. The number of aromatic amines is 1. The summed E-state index contributed by atoms with van der Waals surface area (Å²) in [5, 5.41) is 2.92. The zero-order chi connectivity index (χ0) is 12.7. The topological polar surface area (TPSA) is 84.7 Å². The third-order valence-corrected chi connectivity index (χ3v) is 2.69. The van der Waals surface area contributed by atoms with Crippen molar-refractivity contribution >= 4 is 17.1 Å². The number of rotatable bonds is 2. The molecule has 2 aromatic heterocycles. The first-order valence-corrected chi connectivity index (χ1v) is 5.36. The number of aromatic nitrogens is 4. The van der Waals surface area contributed by atoms with Crippen molar-refractivity contribution in [3.05, 3.63) is 20.8 Å². The van der Waals surface area contributed by atoms with Crippen molar-refractivity contribution in [3.63, 3.8) is 0 Å². The first-order chi connectivity index (χ1) is 7.97. The van der Waals surface area contributed by atoms with Gasteiger partial charge in [-0.05, 0) is 13.8 Å². The highest BCUT2D eigenvalue weighted by atomic mass is 16.2. The second kappa shape index (κ2) is 3.76. The lowest BCUT2D eigenvalue weighted by Gasteiger charge is -2.11. The quantitative estimate of drug-likeness (QED) is 0.772. The van der Waals surface area contributed by atoms with Gasteiger partial charge in [-0.1, -0.05) is 0 Å². The van der Waals surface area contributed by atoms with E-state index in [1.807, 2.05) is 13.8 Å². The van der Waals surface area contributed by atoms with E-state index in [1.54, 1.807) is 18.7 Å². The Kier molecular flexibility index (Phi) is 2.53. The summed E-state index contributed by atoms with van der Waals surface area (Å²) in [7, 11) is 3.31. The molecule has 0 atom stereocenters. The van der Waals surface area contributed by atoms with Crippen LogP contribution in [-0.4, -0.2) is 26.1 Å². The number of imidazole rings is 1. The first kappa shape index (κ1) is 11.4. The highest BCUT2D eigenvalue weighted by Gasteiger charge is 2.17. The Labute approximate surface area is 97.1 Å². The van der Waals surface area contributed by atoms with Crippen molar-refractivity contribution in [2.75, 3.05) is 12.4 Å². The number of hydrogen-bond acceptors (Lipinski definition) is 4. The third kappa shape index (κ3) is 1.54. The van der Waals surface area contributed by atoms with Gasteiger partial charge in [-0.3, -0.25) is 14.3 Å². The van der Waals surface area contributed by atoms with Crippen molar-refractivity contribution in [2.24, 2.45) is 7.05 Å². The maximum atomic E-state index is 11.8. The van der Waals surface area contributed by atoms with Crippen LogP contribution in [0.1, 0.15) is 19.9 Å². The molecular formula is C10H15N5O2. The largest absolute Gasteiger partial charge is 0.359 e. The van der Waals surface area contributed by atoms with E-state index in [-0.39, 0.29) is 6.04 Å². The molecule has 0 radical (unpaired) electrons. The number of fused-ring (bicyclic) bond motifs is 1. The van der Waals surface area contributed by atoms with Gasteiger partial charge in [0.15, 0.2) is 11.2 Å². The van der Waals surface area contributed by atoms with Crippen LogP contribution in [0.5, 0.6) is 0 Å². The normalized spacial score (nSPS) is 11.4. The van der Waals surface area contributed by atoms with Gasteiger partial charge in [0.2, 0.25) is 5.95 Å². The van der Waals surface area contributed by atoms with Gasteiger partial charge in [0.05, 0.1) is 0 Å². The molecule has 2 heterocycles. The predicted molar refractivity (Wildman–Crippen MR) is 65.5 cm³/mol. The van der Waals surface area contributed by atoms with Gasteiger partial charge in [0, 0.05) is 20.1 Å². The molecule has 17 heavy (non-hydrogen) atoms. The summed E-state index contributed by atoms with van der Waals surface area (Å²) >= 11 is 0. The molecule has 0 aliphatic heterocycles. The van der Waals surface area contributed by atoms with Gasteiger partial charge in [0.1, 0.15) is 0 Å². The molecule has 0 aromatic carbocycles. The maximum absolute atomic E-state index is 11.8. The smallest absolute Gasteiger partial charge is 0.329 e. The van der Waals surface area contributed by atoms with Crippen molar-refractivity contribution < 1.29 is 0 Å². The summed E-state index contributed by atoms with van der Waals surface area (Å²) in [4.78, 5) is 29.9. The minimum absolute atomic E-state index is 0.0704.